The van der Waals surface area contributed by atoms with Crippen LogP contribution < -0.4 is 5.32 Å². The van der Waals surface area contributed by atoms with Crippen LogP contribution in [0.5, 0.6) is 0 Å². The standard InChI is InChI=1S/C15H18N2O3/c18-8-1-2-13-10-16-6-4-14(13)15(19)17-7-3-12-5-9-20-11-12/h4,6,10,12,18H,3,5,7-9,11H2,(H,17,19). The Balaban J connectivity index is 1.91. The lowest BCUT2D eigenvalue weighted by Crippen LogP contribution is -2.26. The number of nitrogens with zero attached hydrogens (tertiary/aromatic N) is 1. The summed E-state index contributed by atoms with van der Waals surface area (Å²) in [5.74, 6) is 5.65. The van der Waals surface area contributed by atoms with E-state index in [4.69, 9.17) is 9.84 Å². The van der Waals surface area contributed by atoms with Gasteiger partial charge >= 0.3 is 0 Å². The van der Waals surface area contributed by atoms with E-state index in [0.29, 0.717) is 23.6 Å². The Labute approximate surface area is 118 Å². The third-order valence-electron chi connectivity index (χ3n) is 3.23. The fourth-order valence-corrected chi connectivity index (χ4v) is 2.12. The summed E-state index contributed by atoms with van der Waals surface area (Å²) in [6.07, 6.45) is 5.08. The van der Waals surface area contributed by atoms with E-state index in [0.717, 1.165) is 26.1 Å². The molecule has 5 heteroatoms. The molecule has 0 radical (unpaired) electrons. The molecule has 1 saturated heterocycles. The predicted molar refractivity (Wildman–Crippen MR) is 74.1 cm³/mol. The minimum Gasteiger partial charge on any atom is -0.384 e. The van der Waals surface area contributed by atoms with E-state index in [1.165, 1.54) is 6.20 Å². The number of hydrogen-bond acceptors (Lipinski definition) is 4. The second-order valence-corrected chi connectivity index (χ2v) is 4.66. The van der Waals surface area contributed by atoms with Gasteiger partial charge in [-0.2, -0.15) is 0 Å². The Bertz CT molecular complexity index is 513. The molecule has 1 atom stereocenters. The molecule has 20 heavy (non-hydrogen) atoms. The van der Waals surface area contributed by atoms with Gasteiger partial charge in [0.25, 0.3) is 5.91 Å². The Morgan fingerprint density at radius 3 is 3.25 bits per heavy atom. The molecule has 1 fully saturated rings. The van der Waals surface area contributed by atoms with Crippen LogP contribution in [0.25, 0.3) is 0 Å². The molecule has 2 N–H and O–H groups in total. The van der Waals surface area contributed by atoms with E-state index in [9.17, 15) is 4.79 Å². The number of pyridine rings is 1. The number of aromatic nitrogens is 1. The highest BCUT2D eigenvalue weighted by Gasteiger charge is 2.16. The Kier molecular flexibility index (Phi) is 5.54. The van der Waals surface area contributed by atoms with Gasteiger partial charge in [-0.1, -0.05) is 11.8 Å². The summed E-state index contributed by atoms with van der Waals surface area (Å²) >= 11 is 0. The molecule has 1 amide bonds. The highest BCUT2D eigenvalue weighted by Crippen LogP contribution is 2.15. The number of amides is 1. The molecule has 2 heterocycles. The third-order valence-corrected chi connectivity index (χ3v) is 3.23. The summed E-state index contributed by atoms with van der Waals surface area (Å²) in [7, 11) is 0. The van der Waals surface area contributed by atoms with Gasteiger partial charge in [0.05, 0.1) is 11.1 Å². The van der Waals surface area contributed by atoms with Crippen LogP contribution in [-0.4, -0.2) is 42.4 Å². The average Bonchev–Trinajstić information content (AvgIpc) is 2.98. The summed E-state index contributed by atoms with van der Waals surface area (Å²) in [6, 6.07) is 1.63. The van der Waals surface area contributed by atoms with Gasteiger partial charge in [-0.15, -0.1) is 0 Å². The summed E-state index contributed by atoms with van der Waals surface area (Å²) in [5, 5.41) is 11.6. The second kappa shape index (κ2) is 7.63. The highest BCUT2D eigenvalue weighted by molar-refractivity contribution is 5.96. The van der Waals surface area contributed by atoms with Crippen molar-refractivity contribution in [1.29, 1.82) is 0 Å². The fraction of sp³-hybridized carbons (Fsp3) is 0.467. The molecule has 1 aromatic heterocycles. The zero-order valence-corrected chi connectivity index (χ0v) is 11.3. The van der Waals surface area contributed by atoms with Crippen molar-refractivity contribution in [3.05, 3.63) is 29.6 Å². The number of ether oxygens (including phenoxy) is 1. The first-order valence-electron chi connectivity index (χ1n) is 6.71. The number of nitrogens with one attached hydrogen (secondary N) is 1. The lowest BCUT2D eigenvalue weighted by molar-refractivity contribution is 0.0950. The average molecular weight is 274 g/mol. The van der Waals surface area contributed by atoms with Gasteiger partial charge in [-0.3, -0.25) is 9.78 Å². The molecule has 106 valence electrons. The van der Waals surface area contributed by atoms with Crippen molar-refractivity contribution in [2.75, 3.05) is 26.4 Å². The van der Waals surface area contributed by atoms with Gasteiger partial charge in [0.2, 0.25) is 0 Å². The van der Waals surface area contributed by atoms with E-state index >= 15 is 0 Å². The molecule has 0 spiro atoms. The second-order valence-electron chi connectivity index (χ2n) is 4.66. The maximum absolute atomic E-state index is 12.1. The lowest BCUT2D eigenvalue weighted by atomic mass is 10.1. The van der Waals surface area contributed by atoms with Gasteiger partial charge in [0, 0.05) is 32.2 Å². The van der Waals surface area contributed by atoms with Crippen LogP contribution in [0, 0.1) is 17.8 Å². The van der Waals surface area contributed by atoms with Crippen molar-refractivity contribution in [2.45, 2.75) is 12.8 Å². The summed E-state index contributed by atoms with van der Waals surface area (Å²) in [4.78, 5) is 16.0. The molecule has 1 aromatic rings. The Hall–Kier alpha value is -1.90. The maximum Gasteiger partial charge on any atom is 0.252 e. The largest absolute Gasteiger partial charge is 0.384 e. The van der Waals surface area contributed by atoms with Crippen molar-refractivity contribution < 1.29 is 14.6 Å². The molecule has 1 unspecified atom stereocenters. The third kappa shape index (κ3) is 4.05. The predicted octanol–water partition coefficient (Wildman–Crippen LogP) is 0.582. The van der Waals surface area contributed by atoms with Crippen molar-refractivity contribution in [3.63, 3.8) is 0 Å². The van der Waals surface area contributed by atoms with Gasteiger partial charge in [0.1, 0.15) is 6.61 Å². The van der Waals surface area contributed by atoms with Crippen LogP contribution >= 0.6 is 0 Å². The van der Waals surface area contributed by atoms with Crippen molar-refractivity contribution in [2.24, 2.45) is 5.92 Å². The molecular weight excluding hydrogens is 256 g/mol. The minimum absolute atomic E-state index is 0.159. The van der Waals surface area contributed by atoms with E-state index in [1.807, 2.05) is 0 Å². The smallest absolute Gasteiger partial charge is 0.252 e. The van der Waals surface area contributed by atoms with Gasteiger partial charge < -0.3 is 15.2 Å². The number of hydrogen-bond donors (Lipinski definition) is 2. The molecule has 0 saturated carbocycles. The van der Waals surface area contributed by atoms with Crippen LogP contribution in [-0.2, 0) is 4.74 Å². The fourth-order valence-electron chi connectivity index (χ4n) is 2.12. The van der Waals surface area contributed by atoms with Crippen LogP contribution in [0.2, 0.25) is 0 Å². The monoisotopic (exact) mass is 274 g/mol. The van der Waals surface area contributed by atoms with Crippen LogP contribution in [0.15, 0.2) is 18.5 Å². The van der Waals surface area contributed by atoms with E-state index < -0.39 is 0 Å². The molecule has 0 bridgehead atoms. The molecule has 1 aliphatic heterocycles. The van der Waals surface area contributed by atoms with E-state index in [2.05, 4.69) is 22.1 Å². The molecule has 2 rings (SSSR count). The number of aliphatic hydroxyl groups is 1. The van der Waals surface area contributed by atoms with Crippen LogP contribution in [0.1, 0.15) is 28.8 Å². The number of aliphatic hydroxyl groups excluding tert-OH is 1. The zero-order chi connectivity index (χ0) is 14.2. The maximum atomic E-state index is 12.1. The van der Waals surface area contributed by atoms with Crippen molar-refractivity contribution >= 4 is 5.91 Å². The SMILES string of the molecule is O=C(NCCC1CCOC1)c1ccncc1C#CCO. The van der Waals surface area contributed by atoms with E-state index in [-0.39, 0.29) is 12.5 Å². The van der Waals surface area contributed by atoms with Gasteiger partial charge in [-0.25, -0.2) is 0 Å². The highest BCUT2D eigenvalue weighted by atomic mass is 16.5. The summed E-state index contributed by atoms with van der Waals surface area (Å²) < 4.78 is 5.30. The molecule has 1 aliphatic rings. The number of carbonyl (C=O) groups is 1. The first-order valence-corrected chi connectivity index (χ1v) is 6.71. The topological polar surface area (TPSA) is 71.5 Å². The first-order chi connectivity index (χ1) is 9.81. The van der Waals surface area contributed by atoms with Gasteiger partial charge in [0.15, 0.2) is 0 Å². The van der Waals surface area contributed by atoms with E-state index in [1.54, 1.807) is 12.3 Å². The number of carbonyl (C=O) groups excluding carboxylic acids is 1. The summed E-state index contributed by atoms with van der Waals surface area (Å²) in [5.41, 5.74) is 1.02. The molecule has 0 aliphatic carbocycles. The lowest BCUT2D eigenvalue weighted by Gasteiger charge is -2.09. The Morgan fingerprint density at radius 1 is 1.60 bits per heavy atom. The molecular formula is C15H18N2O3. The summed E-state index contributed by atoms with van der Waals surface area (Å²) in [6.45, 7) is 2.00. The van der Waals surface area contributed by atoms with Crippen LogP contribution in [0.3, 0.4) is 0 Å². The molecule has 0 aromatic carbocycles. The zero-order valence-electron chi connectivity index (χ0n) is 11.3. The van der Waals surface area contributed by atoms with Crippen molar-refractivity contribution in [1.82, 2.24) is 10.3 Å². The Morgan fingerprint density at radius 2 is 2.50 bits per heavy atom. The number of rotatable bonds is 4. The molecule has 5 nitrogen and oxygen atoms in total. The first kappa shape index (κ1) is 14.5. The van der Waals surface area contributed by atoms with Crippen molar-refractivity contribution in [3.8, 4) is 11.8 Å². The van der Waals surface area contributed by atoms with Gasteiger partial charge in [-0.05, 0) is 24.8 Å². The quantitative estimate of drug-likeness (QED) is 0.788. The van der Waals surface area contributed by atoms with Crippen LogP contribution in [0.4, 0.5) is 0 Å². The normalized spacial score (nSPS) is 17.4. The minimum atomic E-state index is -0.238.